The first-order chi connectivity index (χ1) is 10.4. The number of hydrogen-bond donors (Lipinski definition) is 1. The number of benzene rings is 2. The summed E-state index contributed by atoms with van der Waals surface area (Å²) in [5.74, 6) is 0.803. The number of rotatable bonds is 4. The van der Waals surface area contributed by atoms with Crippen molar-refractivity contribution in [3.05, 3.63) is 72.6 Å². The first-order valence-corrected chi connectivity index (χ1v) is 7.00. The highest BCUT2D eigenvalue weighted by atomic mass is 15.0. The molecule has 1 N–H and O–H groups in total. The molecular formula is C18H17N3. The van der Waals surface area contributed by atoms with Gasteiger partial charge >= 0.3 is 0 Å². The Hall–Kier alpha value is -2.52. The number of hydrogen-bond acceptors (Lipinski definition) is 3. The van der Waals surface area contributed by atoms with E-state index in [-0.39, 0.29) is 0 Å². The maximum atomic E-state index is 4.65. The summed E-state index contributed by atoms with van der Waals surface area (Å²) in [4.78, 5) is 9.29. The summed E-state index contributed by atoms with van der Waals surface area (Å²) in [7, 11) is 1.90. The Morgan fingerprint density at radius 3 is 1.67 bits per heavy atom. The molecule has 2 aromatic carbocycles. The molecule has 0 fully saturated rings. The van der Waals surface area contributed by atoms with E-state index in [1.54, 1.807) is 0 Å². The molecule has 0 saturated heterocycles. The first-order valence-electron chi connectivity index (χ1n) is 7.00. The molecule has 3 rings (SSSR count). The highest BCUT2D eigenvalue weighted by Gasteiger charge is 2.07. The largest absolute Gasteiger partial charge is 0.313 e. The van der Waals surface area contributed by atoms with Gasteiger partial charge in [0.1, 0.15) is 5.82 Å². The quantitative estimate of drug-likeness (QED) is 0.791. The lowest BCUT2D eigenvalue weighted by Gasteiger charge is -2.08. The molecule has 3 nitrogen and oxygen atoms in total. The van der Waals surface area contributed by atoms with Crippen molar-refractivity contribution in [1.29, 1.82) is 0 Å². The molecule has 0 spiro atoms. The molecule has 0 bridgehead atoms. The summed E-state index contributed by atoms with van der Waals surface area (Å²) in [5, 5.41) is 3.12. The van der Waals surface area contributed by atoms with Gasteiger partial charge in [0.15, 0.2) is 0 Å². The van der Waals surface area contributed by atoms with Crippen LogP contribution in [0.3, 0.4) is 0 Å². The van der Waals surface area contributed by atoms with E-state index in [4.69, 9.17) is 0 Å². The topological polar surface area (TPSA) is 37.8 Å². The second-order valence-corrected chi connectivity index (χ2v) is 4.82. The Morgan fingerprint density at radius 1 is 0.762 bits per heavy atom. The molecule has 0 aliphatic heterocycles. The van der Waals surface area contributed by atoms with Crippen molar-refractivity contribution in [1.82, 2.24) is 15.3 Å². The van der Waals surface area contributed by atoms with Gasteiger partial charge in [-0.25, -0.2) is 9.97 Å². The van der Waals surface area contributed by atoms with Gasteiger partial charge in [0.05, 0.1) is 17.9 Å². The van der Waals surface area contributed by atoms with E-state index in [9.17, 15) is 0 Å². The lowest BCUT2D eigenvalue weighted by atomic mass is 10.1. The molecule has 0 aliphatic carbocycles. The molecule has 21 heavy (non-hydrogen) atoms. The van der Waals surface area contributed by atoms with E-state index in [2.05, 4.69) is 39.6 Å². The average Bonchev–Trinajstić information content (AvgIpc) is 2.56. The Balaban J connectivity index is 2.11. The Morgan fingerprint density at radius 2 is 1.24 bits per heavy atom. The molecule has 1 heterocycles. The van der Waals surface area contributed by atoms with Crippen LogP contribution in [0.15, 0.2) is 66.7 Å². The zero-order valence-electron chi connectivity index (χ0n) is 12.0. The first kappa shape index (κ1) is 13.5. The van der Waals surface area contributed by atoms with Crippen molar-refractivity contribution >= 4 is 0 Å². The van der Waals surface area contributed by atoms with Crippen LogP contribution < -0.4 is 5.32 Å². The minimum Gasteiger partial charge on any atom is -0.313 e. The fraction of sp³-hybridized carbons (Fsp3) is 0.111. The van der Waals surface area contributed by atoms with E-state index in [1.165, 1.54) is 0 Å². The van der Waals surface area contributed by atoms with Gasteiger partial charge in [-0.3, -0.25) is 0 Å². The summed E-state index contributed by atoms with van der Waals surface area (Å²) in [6.45, 7) is 0.653. The fourth-order valence-corrected chi connectivity index (χ4v) is 2.25. The van der Waals surface area contributed by atoms with Crippen LogP contribution in [-0.2, 0) is 6.54 Å². The van der Waals surface area contributed by atoms with Crippen molar-refractivity contribution in [2.75, 3.05) is 7.05 Å². The zero-order chi connectivity index (χ0) is 14.5. The van der Waals surface area contributed by atoms with Gasteiger partial charge in [-0.05, 0) is 13.1 Å². The predicted octanol–water partition coefficient (Wildman–Crippen LogP) is 3.53. The summed E-state index contributed by atoms with van der Waals surface area (Å²) < 4.78 is 0. The lowest BCUT2D eigenvalue weighted by molar-refractivity contribution is 0.761. The highest BCUT2D eigenvalue weighted by Crippen LogP contribution is 2.23. The van der Waals surface area contributed by atoms with Crippen LogP contribution in [0.4, 0.5) is 0 Å². The van der Waals surface area contributed by atoms with Crippen LogP contribution >= 0.6 is 0 Å². The van der Waals surface area contributed by atoms with Gasteiger partial charge in [0, 0.05) is 11.1 Å². The minimum atomic E-state index is 0.653. The van der Waals surface area contributed by atoms with Gasteiger partial charge in [-0.1, -0.05) is 60.7 Å². The third-order valence-corrected chi connectivity index (χ3v) is 3.25. The van der Waals surface area contributed by atoms with Crippen LogP contribution in [0, 0.1) is 0 Å². The second kappa shape index (κ2) is 6.29. The molecular weight excluding hydrogens is 258 g/mol. The molecule has 0 radical (unpaired) electrons. The third-order valence-electron chi connectivity index (χ3n) is 3.25. The summed E-state index contributed by atoms with van der Waals surface area (Å²) >= 11 is 0. The number of nitrogens with one attached hydrogen (secondary N) is 1. The predicted molar refractivity (Wildman–Crippen MR) is 85.7 cm³/mol. The van der Waals surface area contributed by atoms with E-state index < -0.39 is 0 Å². The van der Waals surface area contributed by atoms with Gasteiger partial charge in [-0.2, -0.15) is 0 Å². The van der Waals surface area contributed by atoms with Crippen LogP contribution in [-0.4, -0.2) is 17.0 Å². The second-order valence-electron chi connectivity index (χ2n) is 4.82. The molecule has 0 unspecified atom stereocenters. The minimum absolute atomic E-state index is 0.653. The lowest BCUT2D eigenvalue weighted by Crippen LogP contribution is -2.10. The van der Waals surface area contributed by atoms with Crippen molar-refractivity contribution in [3.8, 4) is 22.5 Å². The van der Waals surface area contributed by atoms with Gasteiger partial charge < -0.3 is 5.32 Å². The Labute approximate surface area is 124 Å². The number of nitrogens with zero attached hydrogens (tertiary/aromatic N) is 2. The molecule has 0 aliphatic rings. The van der Waals surface area contributed by atoms with Crippen LogP contribution in [0.5, 0.6) is 0 Å². The Bertz CT molecular complexity index is 651. The van der Waals surface area contributed by atoms with Crippen LogP contribution in [0.1, 0.15) is 5.82 Å². The van der Waals surface area contributed by atoms with E-state index in [0.29, 0.717) is 6.54 Å². The molecule has 104 valence electrons. The van der Waals surface area contributed by atoms with Crippen molar-refractivity contribution < 1.29 is 0 Å². The van der Waals surface area contributed by atoms with Crippen LogP contribution in [0.2, 0.25) is 0 Å². The summed E-state index contributed by atoms with van der Waals surface area (Å²) in [6, 6.07) is 22.4. The SMILES string of the molecule is CNCc1nc(-c2ccccc2)cc(-c2ccccc2)n1. The number of aromatic nitrogens is 2. The molecule has 3 aromatic rings. The van der Waals surface area contributed by atoms with Crippen molar-refractivity contribution in [2.45, 2.75) is 6.54 Å². The molecule has 0 saturated carbocycles. The third kappa shape index (κ3) is 3.15. The van der Waals surface area contributed by atoms with Gasteiger partial charge in [0.25, 0.3) is 0 Å². The molecule has 0 amide bonds. The van der Waals surface area contributed by atoms with Gasteiger partial charge in [0.2, 0.25) is 0 Å². The van der Waals surface area contributed by atoms with Crippen molar-refractivity contribution in [3.63, 3.8) is 0 Å². The smallest absolute Gasteiger partial charge is 0.143 e. The van der Waals surface area contributed by atoms with E-state index in [1.807, 2.05) is 49.5 Å². The maximum absolute atomic E-state index is 4.65. The summed E-state index contributed by atoms with van der Waals surface area (Å²) in [5.41, 5.74) is 4.12. The molecule has 1 aromatic heterocycles. The summed E-state index contributed by atoms with van der Waals surface area (Å²) in [6.07, 6.45) is 0. The van der Waals surface area contributed by atoms with Crippen molar-refractivity contribution in [2.24, 2.45) is 0 Å². The van der Waals surface area contributed by atoms with Gasteiger partial charge in [-0.15, -0.1) is 0 Å². The van der Waals surface area contributed by atoms with E-state index >= 15 is 0 Å². The highest BCUT2D eigenvalue weighted by molar-refractivity contribution is 5.67. The monoisotopic (exact) mass is 275 g/mol. The normalized spacial score (nSPS) is 10.5. The molecule has 0 atom stereocenters. The maximum Gasteiger partial charge on any atom is 0.143 e. The Kier molecular flexibility index (Phi) is 4.03. The standard InChI is InChI=1S/C18H17N3/c1-19-13-18-20-16(14-8-4-2-5-9-14)12-17(21-18)15-10-6-3-7-11-15/h2-12,19H,13H2,1H3. The zero-order valence-corrected chi connectivity index (χ0v) is 12.0. The average molecular weight is 275 g/mol. The van der Waals surface area contributed by atoms with E-state index in [0.717, 1.165) is 28.3 Å². The fourth-order valence-electron chi connectivity index (χ4n) is 2.25. The molecule has 3 heteroatoms. The van der Waals surface area contributed by atoms with Crippen LogP contribution in [0.25, 0.3) is 22.5 Å².